The fourth-order valence-corrected chi connectivity index (χ4v) is 1.11. The van der Waals surface area contributed by atoms with E-state index < -0.39 is 0 Å². The van der Waals surface area contributed by atoms with Crippen LogP contribution in [0, 0.1) is 0 Å². The van der Waals surface area contributed by atoms with E-state index in [1.54, 1.807) is 0 Å². The Balaban J connectivity index is 0.000000980. The first-order valence-electron chi connectivity index (χ1n) is 4.23. The van der Waals surface area contributed by atoms with Crippen molar-refractivity contribution in [2.24, 2.45) is 0 Å². The molecule has 0 heterocycles. The van der Waals surface area contributed by atoms with Crippen molar-refractivity contribution in [3.8, 4) is 11.5 Å². The fourth-order valence-electron chi connectivity index (χ4n) is 1.11. The van der Waals surface area contributed by atoms with Gasteiger partial charge in [-0.2, -0.15) is 0 Å². The van der Waals surface area contributed by atoms with E-state index in [1.807, 2.05) is 60.7 Å². The van der Waals surface area contributed by atoms with Gasteiger partial charge < -0.3 is 4.74 Å². The topological polar surface area (TPSA) is 9.23 Å². The Morgan fingerprint density at radius 2 is 0.867 bits per heavy atom. The Hall–Kier alpha value is -0.721. The molecule has 0 aliphatic heterocycles. The predicted molar refractivity (Wildman–Crippen MR) is 64.5 cm³/mol. The van der Waals surface area contributed by atoms with E-state index in [4.69, 9.17) is 4.74 Å². The summed E-state index contributed by atoms with van der Waals surface area (Å²) in [5.74, 6) is 1.74. The third kappa shape index (κ3) is 4.55. The molecule has 0 aliphatic carbocycles. The second-order valence-electron chi connectivity index (χ2n) is 2.73. The second kappa shape index (κ2) is 7.55. The Morgan fingerprint density at radius 3 is 1.20 bits per heavy atom. The summed E-state index contributed by atoms with van der Waals surface area (Å²) in [6.07, 6.45) is 0. The number of rotatable bonds is 2. The van der Waals surface area contributed by atoms with Gasteiger partial charge in [-0.1, -0.05) is 36.4 Å². The molecule has 2 aromatic rings. The van der Waals surface area contributed by atoms with Gasteiger partial charge in [0.2, 0.25) is 0 Å². The van der Waals surface area contributed by atoms with Gasteiger partial charge in [0.1, 0.15) is 11.5 Å². The minimum absolute atomic E-state index is 0. The monoisotopic (exact) mass is 330 g/mol. The van der Waals surface area contributed by atoms with E-state index in [2.05, 4.69) is 0 Å². The quantitative estimate of drug-likeness (QED) is 0.771. The molecule has 0 amide bonds. The molecule has 0 atom stereocenters. The zero-order valence-electron chi connectivity index (χ0n) is 8.00. The van der Waals surface area contributed by atoms with E-state index >= 15 is 0 Å². The molecule has 0 unspecified atom stereocenters. The molecule has 0 aliphatic rings. The molecule has 0 bridgehead atoms. The molecular weight excluding hydrogens is 318 g/mol. The third-order valence-electron chi connectivity index (χ3n) is 1.72. The third-order valence-corrected chi connectivity index (χ3v) is 1.72. The second-order valence-corrected chi connectivity index (χ2v) is 2.73. The first-order valence-corrected chi connectivity index (χ1v) is 4.23. The van der Waals surface area contributed by atoms with Crippen LogP contribution in [-0.2, 0) is 0 Å². The fraction of sp³-hybridized carbons (Fsp3) is 0. The van der Waals surface area contributed by atoms with Crippen molar-refractivity contribution in [3.05, 3.63) is 60.7 Å². The number of hydrogen-bond donors (Lipinski definition) is 0. The van der Waals surface area contributed by atoms with Crippen molar-refractivity contribution in [2.45, 2.75) is 0 Å². The molecule has 0 aromatic heterocycles. The Kier molecular flexibility index (Phi) is 7.19. The molecule has 2 rings (SSSR count). The number of para-hydroxylation sites is 2. The molecule has 0 saturated heterocycles. The number of benzene rings is 2. The van der Waals surface area contributed by atoms with Crippen LogP contribution in [0.15, 0.2) is 60.7 Å². The molecule has 76 valence electrons. The SMILES string of the molecule is [Se].[Se].c1ccc(Oc2ccccc2)cc1. The summed E-state index contributed by atoms with van der Waals surface area (Å²) in [6, 6.07) is 19.5. The van der Waals surface area contributed by atoms with Crippen molar-refractivity contribution in [1.82, 2.24) is 0 Å². The molecule has 15 heavy (non-hydrogen) atoms. The zero-order chi connectivity index (χ0) is 8.93. The van der Waals surface area contributed by atoms with Gasteiger partial charge >= 0.3 is 0 Å². The Bertz CT molecular complexity index is 324. The van der Waals surface area contributed by atoms with Crippen molar-refractivity contribution < 1.29 is 4.74 Å². The number of ether oxygens (including phenoxy) is 1. The van der Waals surface area contributed by atoms with E-state index in [9.17, 15) is 0 Å². The minimum atomic E-state index is 0. The van der Waals surface area contributed by atoms with Crippen LogP contribution in [-0.4, -0.2) is 34.1 Å². The van der Waals surface area contributed by atoms with Crippen molar-refractivity contribution in [3.63, 3.8) is 0 Å². The van der Waals surface area contributed by atoms with E-state index in [0.717, 1.165) is 11.5 Å². The van der Waals surface area contributed by atoms with Crippen molar-refractivity contribution in [2.75, 3.05) is 0 Å². The van der Waals surface area contributed by atoms with Gasteiger partial charge in [0.25, 0.3) is 0 Å². The summed E-state index contributed by atoms with van der Waals surface area (Å²) < 4.78 is 5.58. The first kappa shape index (κ1) is 14.3. The van der Waals surface area contributed by atoms with Crippen LogP contribution in [0.1, 0.15) is 0 Å². The Labute approximate surface area is 111 Å². The van der Waals surface area contributed by atoms with Crippen LogP contribution in [0.5, 0.6) is 11.5 Å². The van der Waals surface area contributed by atoms with Crippen LogP contribution in [0.2, 0.25) is 0 Å². The Morgan fingerprint density at radius 1 is 0.533 bits per heavy atom. The van der Waals surface area contributed by atoms with Crippen LogP contribution >= 0.6 is 0 Å². The maximum Gasteiger partial charge on any atom is 0.127 e. The molecule has 0 spiro atoms. The van der Waals surface area contributed by atoms with Crippen LogP contribution < -0.4 is 4.74 Å². The van der Waals surface area contributed by atoms with Gasteiger partial charge in [0.15, 0.2) is 0 Å². The standard InChI is InChI=1S/C12H10O.2Se/c1-3-7-11(8-4-1)13-12-9-5-2-6-10-12;;/h1-10H;;. The molecule has 3 heteroatoms. The normalized spacial score (nSPS) is 8.27. The maximum atomic E-state index is 5.58. The molecule has 4 radical (unpaired) electrons. The van der Waals surface area contributed by atoms with E-state index in [0.29, 0.717) is 0 Å². The van der Waals surface area contributed by atoms with Gasteiger partial charge in [-0.15, -0.1) is 0 Å². The summed E-state index contributed by atoms with van der Waals surface area (Å²) in [7, 11) is 0. The molecule has 1 nitrogen and oxygen atoms in total. The maximum absolute atomic E-state index is 5.58. The van der Waals surface area contributed by atoms with Crippen LogP contribution in [0.25, 0.3) is 0 Å². The van der Waals surface area contributed by atoms with Gasteiger partial charge in [0, 0.05) is 34.1 Å². The average molecular weight is 328 g/mol. The molecule has 0 saturated carbocycles. The average Bonchev–Trinajstić information content (AvgIpc) is 2.21. The summed E-state index contributed by atoms with van der Waals surface area (Å²) in [4.78, 5) is 0. The molecular formula is C12H10OSe2. The summed E-state index contributed by atoms with van der Waals surface area (Å²) >= 11 is 0. The molecule has 2 aromatic carbocycles. The summed E-state index contributed by atoms with van der Waals surface area (Å²) in [5.41, 5.74) is 0. The molecule has 0 N–H and O–H groups in total. The van der Waals surface area contributed by atoms with Gasteiger partial charge in [0.05, 0.1) is 0 Å². The van der Waals surface area contributed by atoms with Crippen molar-refractivity contribution >= 4 is 34.1 Å². The molecule has 0 fully saturated rings. The minimum Gasteiger partial charge on any atom is -0.457 e. The van der Waals surface area contributed by atoms with Crippen LogP contribution in [0.4, 0.5) is 0 Å². The number of hydrogen-bond acceptors (Lipinski definition) is 1. The first-order chi connectivity index (χ1) is 6.45. The summed E-state index contributed by atoms with van der Waals surface area (Å²) in [6.45, 7) is 0. The van der Waals surface area contributed by atoms with Gasteiger partial charge in [-0.25, -0.2) is 0 Å². The van der Waals surface area contributed by atoms with Crippen molar-refractivity contribution in [1.29, 1.82) is 0 Å². The predicted octanol–water partition coefficient (Wildman–Crippen LogP) is 2.72. The van der Waals surface area contributed by atoms with Gasteiger partial charge in [-0.05, 0) is 24.3 Å². The van der Waals surface area contributed by atoms with Crippen LogP contribution in [0.3, 0.4) is 0 Å². The zero-order valence-corrected chi connectivity index (χ0v) is 11.4. The van der Waals surface area contributed by atoms with Gasteiger partial charge in [-0.3, -0.25) is 0 Å². The smallest absolute Gasteiger partial charge is 0.127 e. The van der Waals surface area contributed by atoms with E-state index in [-0.39, 0.29) is 34.1 Å². The van der Waals surface area contributed by atoms with E-state index in [1.165, 1.54) is 0 Å². The summed E-state index contributed by atoms with van der Waals surface area (Å²) in [5, 5.41) is 0. The largest absolute Gasteiger partial charge is 0.457 e.